The molecule has 8 heteroatoms. The summed E-state index contributed by atoms with van der Waals surface area (Å²) in [6.45, 7) is 4.64. The molecule has 1 atom stereocenters. The molecule has 4 heterocycles. The fourth-order valence-corrected chi connectivity index (χ4v) is 3.51. The summed E-state index contributed by atoms with van der Waals surface area (Å²) in [4.78, 5) is 29.2. The second-order valence-electron chi connectivity index (χ2n) is 6.57. The van der Waals surface area contributed by atoms with Crippen LogP contribution in [-0.4, -0.2) is 60.3 Å². The average molecular weight is 354 g/mol. The minimum Gasteiger partial charge on any atom is -0.381 e. The molecule has 0 aromatic carbocycles. The third kappa shape index (κ3) is 3.32. The highest BCUT2D eigenvalue weighted by Gasteiger charge is 2.24. The monoisotopic (exact) mass is 354 g/mol. The van der Waals surface area contributed by atoms with Gasteiger partial charge in [-0.3, -0.25) is 4.79 Å². The number of anilines is 2. The third-order valence-corrected chi connectivity index (χ3v) is 4.98. The first kappa shape index (κ1) is 16.7. The molecule has 8 nitrogen and oxygen atoms in total. The van der Waals surface area contributed by atoms with Crippen LogP contribution in [0, 0.1) is 0 Å². The van der Waals surface area contributed by atoms with Crippen LogP contribution in [0.1, 0.15) is 28.4 Å². The SMILES string of the molecule is NC(=O)c1cccnc1N1CCN(c2cc([C@@H]3CCOC3)ncn2)CC1. The summed E-state index contributed by atoms with van der Waals surface area (Å²) in [7, 11) is 0. The number of rotatable bonds is 4. The first-order valence-electron chi connectivity index (χ1n) is 8.87. The van der Waals surface area contributed by atoms with Crippen molar-refractivity contribution in [2.75, 3.05) is 49.2 Å². The molecule has 4 rings (SSSR count). The molecule has 26 heavy (non-hydrogen) atoms. The van der Waals surface area contributed by atoms with Gasteiger partial charge in [-0.05, 0) is 18.6 Å². The number of nitrogens with zero attached hydrogens (tertiary/aromatic N) is 5. The van der Waals surface area contributed by atoms with Gasteiger partial charge in [0, 0.05) is 51.0 Å². The lowest BCUT2D eigenvalue weighted by Crippen LogP contribution is -2.47. The highest BCUT2D eigenvalue weighted by molar-refractivity contribution is 5.97. The van der Waals surface area contributed by atoms with Gasteiger partial charge in [-0.2, -0.15) is 0 Å². The number of primary amides is 1. The first-order valence-corrected chi connectivity index (χ1v) is 8.87. The average Bonchev–Trinajstić information content (AvgIpc) is 3.23. The van der Waals surface area contributed by atoms with Crippen LogP contribution in [0.25, 0.3) is 0 Å². The van der Waals surface area contributed by atoms with Crippen LogP contribution in [0.5, 0.6) is 0 Å². The number of aromatic nitrogens is 3. The number of carbonyl (C=O) groups is 1. The molecule has 2 aliphatic rings. The second-order valence-corrected chi connectivity index (χ2v) is 6.57. The molecule has 2 N–H and O–H groups in total. The maximum atomic E-state index is 11.6. The van der Waals surface area contributed by atoms with Gasteiger partial charge in [-0.25, -0.2) is 15.0 Å². The van der Waals surface area contributed by atoms with Crippen molar-refractivity contribution >= 4 is 17.5 Å². The van der Waals surface area contributed by atoms with E-state index in [1.807, 2.05) is 0 Å². The maximum Gasteiger partial charge on any atom is 0.252 e. The lowest BCUT2D eigenvalue weighted by Gasteiger charge is -2.36. The molecule has 2 fully saturated rings. The lowest BCUT2D eigenvalue weighted by molar-refractivity contribution is 0.100. The molecule has 2 aromatic rings. The fourth-order valence-electron chi connectivity index (χ4n) is 3.51. The zero-order valence-corrected chi connectivity index (χ0v) is 14.5. The maximum absolute atomic E-state index is 11.6. The van der Waals surface area contributed by atoms with E-state index >= 15 is 0 Å². The first-order chi connectivity index (χ1) is 12.7. The van der Waals surface area contributed by atoms with Gasteiger partial charge in [-0.1, -0.05) is 0 Å². The number of amides is 1. The number of carbonyl (C=O) groups excluding carboxylic acids is 1. The molecule has 2 aliphatic heterocycles. The van der Waals surface area contributed by atoms with Gasteiger partial charge in [0.1, 0.15) is 18.0 Å². The Morgan fingerprint density at radius 1 is 1.15 bits per heavy atom. The van der Waals surface area contributed by atoms with Gasteiger partial charge in [0.25, 0.3) is 5.91 Å². The largest absolute Gasteiger partial charge is 0.381 e. The van der Waals surface area contributed by atoms with Crippen molar-refractivity contribution in [2.24, 2.45) is 5.73 Å². The highest BCUT2D eigenvalue weighted by Crippen LogP contribution is 2.26. The van der Waals surface area contributed by atoms with Crippen molar-refractivity contribution in [3.05, 3.63) is 42.0 Å². The van der Waals surface area contributed by atoms with Crippen molar-refractivity contribution in [1.29, 1.82) is 0 Å². The number of hydrogen-bond donors (Lipinski definition) is 1. The Kier molecular flexibility index (Phi) is 4.66. The van der Waals surface area contributed by atoms with Crippen LogP contribution in [0.4, 0.5) is 11.6 Å². The van der Waals surface area contributed by atoms with Crippen molar-refractivity contribution in [1.82, 2.24) is 15.0 Å². The molecule has 0 saturated carbocycles. The number of piperazine rings is 1. The molecular formula is C18H22N6O2. The Labute approximate surface area is 152 Å². The summed E-state index contributed by atoms with van der Waals surface area (Å²) >= 11 is 0. The zero-order valence-electron chi connectivity index (χ0n) is 14.5. The molecule has 0 bridgehead atoms. The van der Waals surface area contributed by atoms with Crippen molar-refractivity contribution in [3.8, 4) is 0 Å². The molecule has 1 amide bonds. The van der Waals surface area contributed by atoms with Crippen LogP contribution < -0.4 is 15.5 Å². The van der Waals surface area contributed by atoms with Crippen molar-refractivity contribution in [3.63, 3.8) is 0 Å². The van der Waals surface area contributed by atoms with E-state index in [2.05, 4.69) is 30.8 Å². The van der Waals surface area contributed by atoms with Gasteiger partial charge in [0.15, 0.2) is 0 Å². The topological polar surface area (TPSA) is 97.5 Å². The smallest absolute Gasteiger partial charge is 0.252 e. The van der Waals surface area contributed by atoms with E-state index in [1.165, 1.54) is 0 Å². The summed E-state index contributed by atoms with van der Waals surface area (Å²) in [6, 6.07) is 5.52. The van der Waals surface area contributed by atoms with E-state index in [0.717, 1.165) is 57.3 Å². The van der Waals surface area contributed by atoms with Crippen molar-refractivity contribution < 1.29 is 9.53 Å². The van der Waals surface area contributed by atoms with Crippen LogP contribution in [0.2, 0.25) is 0 Å². The lowest BCUT2D eigenvalue weighted by atomic mass is 10.0. The van der Waals surface area contributed by atoms with Gasteiger partial charge in [0.2, 0.25) is 0 Å². The quantitative estimate of drug-likeness (QED) is 0.867. The summed E-state index contributed by atoms with van der Waals surface area (Å²) in [5.41, 5.74) is 6.99. The Morgan fingerprint density at radius 2 is 1.96 bits per heavy atom. The number of hydrogen-bond acceptors (Lipinski definition) is 7. The Hall–Kier alpha value is -2.74. The van der Waals surface area contributed by atoms with Gasteiger partial charge in [-0.15, -0.1) is 0 Å². The number of pyridine rings is 1. The summed E-state index contributed by atoms with van der Waals surface area (Å²) in [6.07, 6.45) is 4.34. The normalized spacial score (nSPS) is 20.4. The van der Waals surface area contributed by atoms with E-state index in [1.54, 1.807) is 24.7 Å². The molecule has 0 aliphatic carbocycles. The van der Waals surface area contributed by atoms with E-state index in [0.29, 0.717) is 17.3 Å². The zero-order chi connectivity index (χ0) is 17.9. The predicted octanol–water partition coefficient (Wildman–Crippen LogP) is 0.801. The van der Waals surface area contributed by atoms with E-state index in [4.69, 9.17) is 10.5 Å². The van der Waals surface area contributed by atoms with Gasteiger partial charge < -0.3 is 20.3 Å². The van der Waals surface area contributed by atoms with Crippen molar-refractivity contribution in [2.45, 2.75) is 12.3 Å². The molecule has 0 spiro atoms. The minimum absolute atomic E-state index is 0.365. The molecule has 2 saturated heterocycles. The van der Waals surface area contributed by atoms with E-state index < -0.39 is 5.91 Å². The second kappa shape index (κ2) is 7.25. The fraction of sp³-hybridized carbons (Fsp3) is 0.444. The summed E-state index contributed by atoms with van der Waals surface area (Å²) in [5.74, 6) is 1.52. The molecular weight excluding hydrogens is 332 g/mol. The van der Waals surface area contributed by atoms with E-state index in [9.17, 15) is 4.79 Å². The van der Waals surface area contributed by atoms with Crippen LogP contribution in [0.15, 0.2) is 30.7 Å². The third-order valence-electron chi connectivity index (χ3n) is 4.98. The Bertz CT molecular complexity index is 785. The molecule has 0 radical (unpaired) electrons. The van der Waals surface area contributed by atoms with E-state index in [-0.39, 0.29) is 0 Å². The van der Waals surface area contributed by atoms with Gasteiger partial charge in [0.05, 0.1) is 17.9 Å². The highest BCUT2D eigenvalue weighted by atomic mass is 16.5. The summed E-state index contributed by atoms with van der Waals surface area (Å²) in [5, 5.41) is 0. The predicted molar refractivity (Wildman–Crippen MR) is 97.4 cm³/mol. The van der Waals surface area contributed by atoms with Crippen LogP contribution in [0.3, 0.4) is 0 Å². The van der Waals surface area contributed by atoms with Crippen LogP contribution >= 0.6 is 0 Å². The Morgan fingerprint density at radius 3 is 2.69 bits per heavy atom. The molecule has 136 valence electrons. The number of nitrogens with two attached hydrogens (primary N) is 1. The van der Waals surface area contributed by atoms with Crippen LogP contribution in [-0.2, 0) is 4.74 Å². The van der Waals surface area contributed by atoms with Gasteiger partial charge >= 0.3 is 0 Å². The number of ether oxygens (including phenoxy) is 1. The Balaban J connectivity index is 1.46. The standard InChI is InChI=1S/C18H22N6O2/c19-17(25)14-2-1-4-20-18(14)24-7-5-23(6-8-24)16-10-15(21-12-22-16)13-3-9-26-11-13/h1-2,4,10,12-13H,3,5-9,11H2,(H2,19,25)/t13-/m1/s1. The molecule has 2 aromatic heterocycles. The summed E-state index contributed by atoms with van der Waals surface area (Å²) < 4.78 is 5.47. The molecule has 0 unspecified atom stereocenters. The minimum atomic E-state index is -0.449.